The van der Waals surface area contributed by atoms with E-state index in [2.05, 4.69) is 27.4 Å². The number of nitrogens with one attached hydrogen (secondary N) is 2. The van der Waals surface area contributed by atoms with Crippen molar-refractivity contribution in [3.63, 3.8) is 0 Å². The number of likely N-dealkylation sites (tertiary alicyclic amines) is 1. The average molecular weight is 270 g/mol. The number of ether oxygens (including phenoxy) is 1. The molecule has 0 saturated carbocycles. The van der Waals surface area contributed by atoms with Crippen molar-refractivity contribution < 1.29 is 4.74 Å². The van der Waals surface area contributed by atoms with Gasteiger partial charge in [0.15, 0.2) is 5.96 Å². The molecule has 1 atom stereocenters. The zero-order valence-electron chi connectivity index (χ0n) is 12.7. The fraction of sp³-hybridized carbons (Fsp3) is 0.929. The van der Waals surface area contributed by atoms with Crippen LogP contribution < -0.4 is 10.6 Å². The van der Waals surface area contributed by atoms with Crippen LogP contribution in [0.3, 0.4) is 0 Å². The smallest absolute Gasteiger partial charge is 0.191 e. The monoisotopic (exact) mass is 270 g/mol. The highest BCUT2D eigenvalue weighted by Gasteiger charge is 2.20. The van der Waals surface area contributed by atoms with E-state index in [0.29, 0.717) is 6.04 Å². The second kappa shape index (κ2) is 10.0. The molecule has 2 N–H and O–H groups in total. The van der Waals surface area contributed by atoms with Crippen molar-refractivity contribution in [3.05, 3.63) is 0 Å². The zero-order chi connectivity index (χ0) is 13.9. The van der Waals surface area contributed by atoms with E-state index in [0.717, 1.165) is 38.8 Å². The lowest BCUT2D eigenvalue weighted by molar-refractivity contribution is 0.151. The first kappa shape index (κ1) is 16.2. The minimum absolute atomic E-state index is 0.643. The molecule has 1 fully saturated rings. The van der Waals surface area contributed by atoms with E-state index in [1.807, 2.05) is 14.0 Å². The van der Waals surface area contributed by atoms with Gasteiger partial charge in [0.05, 0.1) is 6.61 Å². The first-order chi connectivity index (χ1) is 9.31. The van der Waals surface area contributed by atoms with Crippen molar-refractivity contribution in [1.29, 1.82) is 0 Å². The van der Waals surface area contributed by atoms with Crippen LogP contribution in [0.25, 0.3) is 0 Å². The SMILES string of the molecule is CCOCCNC(=NC)NCC1CCCCN1CC. The molecule has 1 aliphatic rings. The third kappa shape index (κ3) is 6.25. The largest absolute Gasteiger partial charge is 0.380 e. The Hall–Kier alpha value is -0.810. The second-order valence-electron chi connectivity index (χ2n) is 4.86. The molecule has 0 radical (unpaired) electrons. The van der Waals surface area contributed by atoms with Crippen LogP contribution in [-0.2, 0) is 4.74 Å². The number of piperidine rings is 1. The zero-order valence-corrected chi connectivity index (χ0v) is 12.7. The van der Waals surface area contributed by atoms with Crippen LogP contribution >= 0.6 is 0 Å². The maximum atomic E-state index is 5.30. The summed E-state index contributed by atoms with van der Waals surface area (Å²) >= 11 is 0. The van der Waals surface area contributed by atoms with Gasteiger partial charge in [0.1, 0.15) is 0 Å². The van der Waals surface area contributed by atoms with Gasteiger partial charge in [-0.3, -0.25) is 9.89 Å². The summed E-state index contributed by atoms with van der Waals surface area (Å²) in [5, 5.41) is 6.69. The normalized spacial score (nSPS) is 21.4. The highest BCUT2D eigenvalue weighted by Crippen LogP contribution is 2.15. The Kier molecular flexibility index (Phi) is 8.58. The van der Waals surface area contributed by atoms with Crippen LogP contribution in [0.1, 0.15) is 33.1 Å². The highest BCUT2D eigenvalue weighted by molar-refractivity contribution is 5.79. The molecule has 5 nitrogen and oxygen atoms in total. The number of guanidine groups is 1. The fourth-order valence-electron chi connectivity index (χ4n) is 2.53. The standard InChI is InChI=1S/C14H30N4O/c1-4-18-10-7-6-8-13(18)12-17-14(15-3)16-9-11-19-5-2/h13H,4-12H2,1-3H3,(H2,15,16,17). The number of rotatable bonds is 7. The van der Waals surface area contributed by atoms with Crippen LogP contribution in [-0.4, -0.2) is 63.3 Å². The Morgan fingerprint density at radius 1 is 1.32 bits per heavy atom. The number of hydrogen-bond acceptors (Lipinski definition) is 3. The van der Waals surface area contributed by atoms with Gasteiger partial charge in [0.25, 0.3) is 0 Å². The van der Waals surface area contributed by atoms with Gasteiger partial charge in [-0.05, 0) is 32.9 Å². The molecule has 0 aromatic heterocycles. The molecular formula is C14H30N4O. The predicted molar refractivity (Wildman–Crippen MR) is 80.7 cm³/mol. The Morgan fingerprint density at radius 2 is 2.16 bits per heavy atom. The van der Waals surface area contributed by atoms with Crippen molar-refractivity contribution in [1.82, 2.24) is 15.5 Å². The first-order valence-corrected chi connectivity index (χ1v) is 7.58. The maximum Gasteiger partial charge on any atom is 0.191 e. The summed E-state index contributed by atoms with van der Waals surface area (Å²) in [6, 6.07) is 0.643. The molecule has 1 heterocycles. The summed E-state index contributed by atoms with van der Waals surface area (Å²) in [5.74, 6) is 0.876. The fourth-order valence-corrected chi connectivity index (χ4v) is 2.53. The van der Waals surface area contributed by atoms with Gasteiger partial charge >= 0.3 is 0 Å². The van der Waals surface area contributed by atoms with E-state index < -0.39 is 0 Å². The molecule has 0 spiro atoms. The number of nitrogens with zero attached hydrogens (tertiary/aromatic N) is 2. The van der Waals surface area contributed by atoms with E-state index in [9.17, 15) is 0 Å². The maximum absolute atomic E-state index is 5.30. The molecule has 19 heavy (non-hydrogen) atoms. The van der Waals surface area contributed by atoms with E-state index in [1.54, 1.807) is 0 Å². The van der Waals surface area contributed by atoms with Gasteiger partial charge in [0.2, 0.25) is 0 Å². The predicted octanol–water partition coefficient (Wildman–Crippen LogP) is 1.06. The van der Waals surface area contributed by atoms with Gasteiger partial charge in [0, 0.05) is 32.8 Å². The minimum atomic E-state index is 0.643. The van der Waals surface area contributed by atoms with Crippen molar-refractivity contribution >= 4 is 5.96 Å². The van der Waals surface area contributed by atoms with Crippen molar-refractivity contribution in [2.45, 2.75) is 39.2 Å². The third-order valence-electron chi connectivity index (χ3n) is 3.63. The Morgan fingerprint density at radius 3 is 2.84 bits per heavy atom. The second-order valence-corrected chi connectivity index (χ2v) is 4.86. The van der Waals surface area contributed by atoms with Crippen molar-refractivity contribution in [2.75, 3.05) is 46.4 Å². The molecule has 0 aromatic rings. The van der Waals surface area contributed by atoms with Gasteiger partial charge < -0.3 is 15.4 Å². The summed E-state index contributed by atoms with van der Waals surface area (Å²) in [7, 11) is 1.81. The Balaban J connectivity index is 2.24. The van der Waals surface area contributed by atoms with Crippen LogP contribution in [0.5, 0.6) is 0 Å². The summed E-state index contributed by atoms with van der Waals surface area (Å²) < 4.78 is 5.30. The molecule has 1 rings (SSSR count). The lowest BCUT2D eigenvalue weighted by atomic mass is 10.0. The van der Waals surface area contributed by atoms with Crippen molar-refractivity contribution in [2.24, 2.45) is 4.99 Å². The third-order valence-corrected chi connectivity index (χ3v) is 3.63. The van der Waals surface area contributed by atoms with Crippen molar-refractivity contribution in [3.8, 4) is 0 Å². The van der Waals surface area contributed by atoms with Crippen LogP contribution in [0, 0.1) is 0 Å². The van der Waals surface area contributed by atoms with E-state index in [-0.39, 0.29) is 0 Å². The molecule has 0 aromatic carbocycles. The van der Waals surface area contributed by atoms with Gasteiger partial charge in [-0.1, -0.05) is 13.3 Å². The summed E-state index contributed by atoms with van der Waals surface area (Å²) in [4.78, 5) is 6.80. The molecule has 0 amide bonds. The van der Waals surface area contributed by atoms with E-state index >= 15 is 0 Å². The molecule has 0 bridgehead atoms. The van der Waals surface area contributed by atoms with Crippen LogP contribution in [0.4, 0.5) is 0 Å². The number of hydrogen-bond donors (Lipinski definition) is 2. The summed E-state index contributed by atoms with van der Waals surface area (Å²) in [5.41, 5.74) is 0. The molecule has 5 heteroatoms. The average Bonchev–Trinajstić information content (AvgIpc) is 2.47. The van der Waals surface area contributed by atoms with Crippen LogP contribution in [0.15, 0.2) is 4.99 Å². The molecule has 1 aliphatic heterocycles. The Labute approximate surface area is 117 Å². The van der Waals surface area contributed by atoms with E-state index in [1.165, 1.54) is 25.8 Å². The van der Waals surface area contributed by atoms with E-state index in [4.69, 9.17) is 4.74 Å². The molecule has 1 unspecified atom stereocenters. The Bertz CT molecular complexity index is 258. The van der Waals surface area contributed by atoms with Gasteiger partial charge in [-0.25, -0.2) is 0 Å². The van der Waals surface area contributed by atoms with Gasteiger partial charge in [-0.15, -0.1) is 0 Å². The quantitative estimate of drug-likeness (QED) is 0.413. The molecule has 1 saturated heterocycles. The summed E-state index contributed by atoms with van der Waals surface area (Å²) in [6.07, 6.45) is 3.97. The summed E-state index contributed by atoms with van der Waals surface area (Å²) in [6.45, 7) is 9.89. The number of aliphatic imine (C=N–C) groups is 1. The molecule has 0 aliphatic carbocycles. The minimum Gasteiger partial charge on any atom is -0.380 e. The highest BCUT2D eigenvalue weighted by atomic mass is 16.5. The molecule has 112 valence electrons. The topological polar surface area (TPSA) is 48.9 Å². The lowest BCUT2D eigenvalue weighted by Crippen LogP contribution is -2.49. The number of likely N-dealkylation sites (N-methyl/N-ethyl adjacent to an activating group) is 1. The lowest BCUT2D eigenvalue weighted by Gasteiger charge is -2.35. The first-order valence-electron chi connectivity index (χ1n) is 7.58. The molecular weight excluding hydrogens is 240 g/mol. The van der Waals surface area contributed by atoms with Crippen LogP contribution in [0.2, 0.25) is 0 Å². The van der Waals surface area contributed by atoms with Gasteiger partial charge in [-0.2, -0.15) is 0 Å².